The van der Waals surface area contributed by atoms with E-state index in [0.29, 0.717) is 37.5 Å². The van der Waals surface area contributed by atoms with Crippen LogP contribution in [-0.2, 0) is 19.2 Å². The Labute approximate surface area is 185 Å². The predicted molar refractivity (Wildman–Crippen MR) is 115 cm³/mol. The number of hydrazine groups is 1. The maximum Gasteiger partial charge on any atom is 0.315 e. The van der Waals surface area contributed by atoms with Crippen molar-refractivity contribution in [1.29, 1.82) is 0 Å². The Morgan fingerprint density at radius 2 is 1.58 bits per heavy atom. The molecule has 0 saturated carbocycles. The zero-order chi connectivity index (χ0) is 22.2. The van der Waals surface area contributed by atoms with Crippen LogP contribution in [0.2, 0.25) is 0 Å². The molecule has 11 heteroatoms. The fourth-order valence-corrected chi connectivity index (χ4v) is 5.47. The topological polar surface area (TPSA) is 137 Å². The largest absolute Gasteiger partial charge is 0.332 e. The first-order valence-corrected chi connectivity index (χ1v) is 11.8. The molecule has 2 saturated heterocycles. The molecule has 0 bridgehead atoms. The first kappa shape index (κ1) is 23.1. The summed E-state index contributed by atoms with van der Waals surface area (Å²) in [6.45, 7) is 0.354. The molecule has 170 valence electrons. The van der Waals surface area contributed by atoms with Crippen molar-refractivity contribution >= 4 is 41.4 Å². The molecule has 6 amide bonds. The van der Waals surface area contributed by atoms with Gasteiger partial charge in [0.25, 0.3) is 11.8 Å². The number of nitrogens with zero attached hydrogens (tertiary/aromatic N) is 1. The van der Waals surface area contributed by atoms with Gasteiger partial charge in [-0.05, 0) is 25.7 Å². The lowest BCUT2D eigenvalue weighted by Crippen LogP contribution is -2.41. The molecule has 0 aromatic carbocycles. The first-order chi connectivity index (χ1) is 14.9. The number of urea groups is 1. The van der Waals surface area contributed by atoms with Gasteiger partial charge in [0.15, 0.2) is 0 Å². The molecule has 0 aromatic heterocycles. The third-order valence-corrected chi connectivity index (χ3v) is 7.12. The van der Waals surface area contributed by atoms with Crippen molar-refractivity contribution in [2.24, 2.45) is 0 Å². The zero-order valence-electron chi connectivity index (χ0n) is 17.4. The number of thioether (sulfide) groups is 1. The van der Waals surface area contributed by atoms with Crippen LogP contribution in [-0.4, -0.2) is 64.2 Å². The highest BCUT2D eigenvalue weighted by Crippen LogP contribution is 2.33. The van der Waals surface area contributed by atoms with Crippen LogP contribution in [0.1, 0.15) is 51.4 Å². The monoisotopic (exact) mass is 451 g/mol. The van der Waals surface area contributed by atoms with Gasteiger partial charge in [-0.3, -0.25) is 34.9 Å². The van der Waals surface area contributed by atoms with Crippen molar-refractivity contribution in [2.45, 2.75) is 68.7 Å². The molecule has 3 aliphatic heterocycles. The molecule has 3 atom stereocenters. The summed E-state index contributed by atoms with van der Waals surface area (Å²) in [6.07, 6.45) is 7.62. The van der Waals surface area contributed by atoms with Crippen LogP contribution in [0.15, 0.2) is 12.2 Å². The van der Waals surface area contributed by atoms with Crippen molar-refractivity contribution in [3.63, 3.8) is 0 Å². The van der Waals surface area contributed by atoms with Gasteiger partial charge in [0.05, 0.1) is 12.1 Å². The Morgan fingerprint density at radius 1 is 0.935 bits per heavy atom. The summed E-state index contributed by atoms with van der Waals surface area (Å²) >= 11 is 1.85. The molecule has 2 fully saturated rings. The average Bonchev–Trinajstić information content (AvgIpc) is 3.39. The Hall–Kier alpha value is -2.56. The molecule has 10 nitrogen and oxygen atoms in total. The zero-order valence-corrected chi connectivity index (χ0v) is 18.2. The number of carbonyl (C=O) groups is 5. The minimum atomic E-state index is -0.293. The quantitative estimate of drug-likeness (QED) is 0.155. The van der Waals surface area contributed by atoms with E-state index in [-0.39, 0.29) is 48.2 Å². The van der Waals surface area contributed by atoms with E-state index >= 15 is 0 Å². The van der Waals surface area contributed by atoms with Crippen LogP contribution in [0.25, 0.3) is 0 Å². The smallest absolute Gasteiger partial charge is 0.315 e. The molecule has 0 radical (unpaired) electrons. The lowest BCUT2D eigenvalue weighted by atomic mass is 10.0. The second-order valence-electron chi connectivity index (χ2n) is 7.94. The fraction of sp³-hybridized carbons (Fsp3) is 0.650. The number of imide groups is 1. The van der Waals surface area contributed by atoms with E-state index in [1.807, 2.05) is 11.8 Å². The second kappa shape index (κ2) is 11.2. The van der Waals surface area contributed by atoms with Gasteiger partial charge in [-0.15, -0.1) is 0 Å². The van der Waals surface area contributed by atoms with Crippen LogP contribution < -0.4 is 21.5 Å². The Morgan fingerprint density at radius 3 is 2.26 bits per heavy atom. The van der Waals surface area contributed by atoms with E-state index in [1.165, 1.54) is 17.1 Å². The molecule has 31 heavy (non-hydrogen) atoms. The molecule has 3 heterocycles. The van der Waals surface area contributed by atoms with Gasteiger partial charge >= 0.3 is 6.03 Å². The van der Waals surface area contributed by atoms with E-state index in [9.17, 15) is 24.0 Å². The number of amides is 6. The molecule has 3 aliphatic rings. The van der Waals surface area contributed by atoms with Gasteiger partial charge in [0, 0.05) is 42.5 Å². The Balaban J connectivity index is 1.16. The number of nitrogens with one attached hydrogen (secondary N) is 4. The van der Waals surface area contributed by atoms with Gasteiger partial charge in [-0.25, -0.2) is 4.79 Å². The number of fused-ring (bicyclic) bond motifs is 1. The highest BCUT2D eigenvalue weighted by molar-refractivity contribution is 8.00. The maximum absolute atomic E-state index is 11.9. The molecular formula is C20H29N5O5S. The lowest BCUT2D eigenvalue weighted by molar-refractivity contribution is -0.137. The van der Waals surface area contributed by atoms with Crippen LogP contribution >= 0.6 is 11.8 Å². The van der Waals surface area contributed by atoms with E-state index in [0.717, 1.165) is 25.0 Å². The lowest BCUT2D eigenvalue weighted by Gasteiger charge is -2.16. The summed E-state index contributed by atoms with van der Waals surface area (Å²) < 4.78 is 0. The van der Waals surface area contributed by atoms with Crippen LogP contribution in [0.5, 0.6) is 0 Å². The van der Waals surface area contributed by atoms with Gasteiger partial charge < -0.3 is 10.6 Å². The fourth-order valence-electron chi connectivity index (χ4n) is 3.92. The second-order valence-corrected chi connectivity index (χ2v) is 9.21. The van der Waals surface area contributed by atoms with Gasteiger partial charge in [0.1, 0.15) is 0 Å². The van der Waals surface area contributed by atoms with Gasteiger partial charge in [0.2, 0.25) is 11.8 Å². The molecule has 4 N–H and O–H groups in total. The highest BCUT2D eigenvalue weighted by Gasteiger charge is 2.42. The predicted octanol–water partition coefficient (Wildman–Crippen LogP) is 0.345. The minimum absolute atomic E-state index is 0.0930. The third kappa shape index (κ3) is 6.71. The first-order valence-electron chi connectivity index (χ1n) is 10.7. The number of hydrogen-bond donors (Lipinski definition) is 4. The Kier molecular flexibility index (Phi) is 8.33. The molecule has 0 aromatic rings. The summed E-state index contributed by atoms with van der Waals surface area (Å²) in [4.78, 5) is 59.1. The van der Waals surface area contributed by atoms with E-state index in [2.05, 4.69) is 21.5 Å². The van der Waals surface area contributed by atoms with Crippen molar-refractivity contribution < 1.29 is 24.0 Å². The van der Waals surface area contributed by atoms with Crippen LogP contribution in [0.3, 0.4) is 0 Å². The van der Waals surface area contributed by atoms with Crippen molar-refractivity contribution in [1.82, 2.24) is 26.4 Å². The molecule has 0 unspecified atom stereocenters. The average molecular weight is 452 g/mol. The van der Waals surface area contributed by atoms with Crippen LogP contribution in [0.4, 0.5) is 4.79 Å². The van der Waals surface area contributed by atoms with Crippen molar-refractivity contribution in [2.75, 3.05) is 12.3 Å². The molecule has 0 spiro atoms. The van der Waals surface area contributed by atoms with E-state index < -0.39 is 0 Å². The number of hydrogen-bond acceptors (Lipinski definition) is 6. The number of unbranched alkanes of at least 4 members (excludes halogenated alkanes) is 3. The number of carbonyl (C=O) groups excluding carboxylic acids is 5. The minimum Gasteiger partial charge on any atom is -0.332 e. The highest BCUT2D eigenvalue weighted by atomic mass is 32.2. The molecular weight excluding hydrogens is 422 g/mol. The summed E-state index contributed by atoms with van der Waals surface area (Å²) in [6, 6.07) is 0.298. The summed E-state index contributed by atoms with van der Waals surface area (Å²) in [7, 11) is 0. The normalized spacial score (nSPS) is 24.2. The van der Waals surface area contributed by atoms with E-state index in [1.54, 1.807) is 0 Å². The van der Waals surface area contributed by atoms with E-state index in [4.69, 9.17) is 0 Å². The maximum atomic E-state index is 11.9. The molecule has 0 aliphatic carbocycles. The number of rotatable bonds is 11. The Bertz CT molecular complexity index is 740. The van der Waals surface area contributed by atoms with Crippen molar-refractivity contribution in [3.8, 4) is 0 Å². The summed E-state index contributed by atoms with van der Waals surface area (Å²) in [5.74, 6) is -0.148. The summed E-state index contributed by atoms with van der Waals surface area (Å²) in [5.41, 5.74) is 4.85. The van der Waals surface area contributed by atoms with Crippen molar-refractivity contribution in [3.05, 3.63) is 12.2 Å². The van der Waals surface area contributed by atoms with Crippen LogP contribution in [0, 0.1) is 0 Å². The standard InChI is InChI=1S/C20H29N5O5S/c26-15(7-2-1-5-11-25-17(28)9-10-18(25)29)23-24-16(27)8-4-3-6-14-19-13(12-31-14)21-20(30)22-19/h9-10,13-14,19H,1-8,11-12H2,(H,23,26)(H,24,27)(H2,21,22,30)/t13-,14+,19+/m1/s1. The summed E-state index contributed by atoms with van der Waals surface area (Å²) in [5, 5.41) is 6.25. The van der Waals surface area contributed by atoms with Gasteiger partial charge in [-0.2, -0.15) is 11.8 Å². The van der Waals surface area contributed by atoms with Gasteiger partial charge in [-0.1, -0.05) is 12.8 Å². The molecule has 3 rings (SSSR count). The third-order valence-electron chi connectivity index (χ3n) is 5.61. The SMILES string of the molecule is O=C(CCCCCN1C(=O)C=CC1=O)NNC(=O)CCCC[C@@H]1SC[C@H]2NC(=O)N[C@H]12.